The molecule has 0 bridgehead atoms. The predicted octanol–water partition coefficient (Wildman–Crippen LogP) is 1.99. The standard InChI is InChI=1S/C16H17FN2O3S/c1-10(20)18-8-13-6-7-15(23-13)16(22)19-9-14(21)11-2-4-12(17)5-3-11/h2-7,14,21H,8-9H2,1H3,(H,18,20)(H,19,22). The molecule has 1 unspecified atom stereocenters. The maximum absolute atomic E-state index is 12.8. The van der Waals surface area contributed by atoms with Gasteiger partial charge in [0.15, 0.2) is 0 Å². The van der Waals surface area contributed by atoms with Gasteiger partial charge in [-0.15, -0.1) is 11.3 Å². The van der Waals surface area contributed by atoms with Gasteiger partial charge in [-0.25, -0.2) is 4.39 Å². The van der Waals surface area contributed by atoms with Crippen molar-refractivity contribution in [1.82, 2.24) is 10.6 Å². The van der Waals surface area contributed by atoms with Crippen LogP contribution in [-0.2, 0) is 11.3 Å². The number of halogens is 1. The molecule has 0 radical (unpaired) electrons. The normalized spacial score (nSPS) is 11.8. The van der Waals surface area contributed by atoms with E-state index >= 15 is 0 Å². The molecule has 1 aromatic heterocycles. The number of hydrogen-bond acceptors (Lipinski definition) is 4. The molecule has 1 atom stereocenters. The first-order valence-electron chi connectivity index (χ1n) is 7.00. The Kier molecular flexibility index (Phi) is 5.84. The molecule has 3 N–H and O–H groups in total. The predicted molar refractivity (Wildman–Crippen MR) is 85.5 cm³/mol. The maximum Gasteiger partial charge on any atom is 0.261 e. The zero-order valence-corrected chi connectivity index (χ0v) is 13.3. The van der Waals surface area contributed by atoms with Crippen molar-refractivity contribution >= 4 is 23.2 Å². The first-order valence-corrected chi connectivity index (χ1v) is 7.82. The van der Waals surface area contributed by atoms with Crippen LogP contribution in [0.4, 0.5) is 4.39 Å². The van der Waals surface area contributed by atoms with E-state index in [1.165, 1.54) is 42.5 Å². The summed E-state index contributed by atoms with van der Waals surface area (Å²) >= 11 is 1.27. The minimum atomic E-state index is -0.904. The number of carbonyl (C=O) groups excluding carboxylic acids is 2. The summed E-state index contributed by atoms with van der Waals surface area (Å²) < 4.78 is 12.8. The summed E-state index contributed by atoms with van der Waals surface area (Å²) in [4.78, 5) is 24.2. The lowest BCUT2D eigenvalue weighted by Gasteiger charge is -2.11. The van der Waals surface area contributed by atoms with Crippen LogP contribution < -0.4 is 10.6 Å². The highest BCUT2D eigenvalue weighted by atomic mass is 32.1. The Bertz CT molecular complexity index is 685. The smallest absolute Gasteiger partial charge is 0.261 e. The number of benzene rings is 1. The molecular weight excluding hydrogens is 319 g/mol. The Hall–Kier alpha value is -2.25. The van der Waals surface area contributed by atoms with E-state index in [9.17, 15) is 19.1 Å². The van der Waals surface area contributed by atoms with Crippen molar-refractivity contribution < 1.29 is 19.1 Å². The third-order valence-corrected chi connectivity index (χ3v) is 4.19. The molecule has 1 aromatic carbocycles. The average Bonchev–Trinajstić information content (AvgIpc) is 3.00. The van der Waals surface area contributed by atoms with E-state index in [1.807, 2.05) is 0 Å². The Labute approximate surface area is 137 Å². The third kappa shape index (κ3) is 5.15. The number of aliphatic hydroxyl groups is 1. The molecule has 0 aliphatic heterocycles. The van der Waals surface area contributed by atoms with Crippen molar-refractivity contribution in [2.45, 2.75) is 19.6 Å². The summed E-state index contributed by atoms with van der Waals surface area (Å²) in [6.07, 6.45) is -0.904. The lowest BCUT2D eigenvalue weighted by Crippen LogP contribution is -2.27. The van der Waals surface area contributed by atoms with Crippen LogP contribution in [0.25, 0.3) is 0 Å². The molecular formula is C16H17FN2O3S. The first-order chi connectivity index (χ1) is 11.0. The van der Waals surface area contributed by atoms with Crippen LogP contribution in [0.2, 0.25) is 0 Å². The Morgan fingerprint density at radius 2 is 1.87 bits per heavy atom. The maximum atomic E-state index is 12.8. The van der Waals surface area contributed by atoms with Gasteiger partial charge in [0.05, 0.1) is 17.5 Å². The summed E-state index contributed by atoms with van der Waals surface area (Å²) in [6.45, 7) is 1.84. The second kappa shape index (κ2) is 7.85. The van der Waals surface area contributed by atoms with E-state index in [2.05, 4.69) is 10.6 Å². The van der Waals surface area contributed by atoms with Crippen molar-refractivity contribution in [3.8, 4) is 0 Å². The number of carbonyl (C=O) groups is 2. The molecule has 7 heteroatoms. The fourth-order valence-corrected chi connectivity index (χ4v) is 2.75. The van der Waals surface area contributed by atoms with E-state index in [0.717, 1.165) is 4.88 Å². The van der Waals surface area contributed by atoms with Crippen molar-refractivity contribution in [3.63, 3.8) is 0 Å². The molecule has 1 heterocycles. The SMILES string of the molecule is CC(=O)NCc1ccc(C(=O)NCC(O)c2ccc(F)cc2)s1. The van der Waals surface area contributed by atoms with Crippen molar-refractivity contribution in [3.05, 3.63) is 57.5 Å². The molecule has 0 saturated heterocycles. The summed E-state index contributed by atoms with van der Waals surface area (Å²) in [5, 5.41) is 15.3. The molecule has 23 heavy (non-hydrogen) atoms. The Balaban J connectivity index is 1.86. The molecule has 2 amide bonds. The molecule has 0 aliphatic rings. The number of rotatable bonds is 6. The lowest BCUT2D eigenvalue weighted by atomic mass is 10.1. The molecule has 0 fully saturated rings. The molecule has 0 aliphatic carbocycles. The number of thiophene rings is 1. The highest BCUT2D eigenvalue weighted by molar-refractivity contribution is 7.14. The van der Waals surface area contributed by atoms with Crippen LogP contribution in [0.3, 0.4) is 0 Å². The highest BCUT2D eigenvalue weighted by Crippen LogP contribution is 2.17. The average molecular weight is 336 g/mol. The largest absolute Gasteiger partial charge is 0.387 e. The Morgan fingerprint density at radius 1 is 1.17 bits per heavy atom. The van der Waals surface area contributed by atoms with E-state index in [1.54, 1.807) is 12.1 Å². The van der Waals surface area contributed by atoms with Crippen molar-refractivity contribution in [1.29, 1.82) is 0 Å². The van der Waals surface area contributed by atoms with Gasteiger partial charge in [-0.3, -0.25) is 9.59 Å². The van der Waals surface area contributed by atoms with Gasteiger partial charge in [-0.05, 0) is 29.8 Å². The molecule has 122 valence electrons. The number of hydrogen-bond donors (Lipinski definition) is 3. The number of nitrogens with one attached hydrogen (secondary N) is 2. The van der Waals surface area contributed by atoms with Crippen molar-refractivity contribution in [2.75, 3.05) is 6.54 Å². The quantitative estimate of drug-likeness (QED) is 0.755. The number of amides is 2. The van der Waals surface area contributed by atoms with E-state index in [4.69, 9.17) is 0 Å². The fourth-order valence-electron chi connectivity index (χ4n) is 1.89. The van der Waals surface area contributed by atoms with Crippen LogP contribution in [0.5, 0.6) is 0 Å². The minimum Gasteiger partial charge on any atom is -0.387 e. The van der Waals surface area contributed by atoms with Crippen molar-refractivity contribution in [2.24, 2.45) is 0 Å². The van der Waals surface area contributed by atoms with Crippen LogP contribution in [0.1, 0.15) is 33.1 Å². The molecule has 0 saturated carbocycles. The molecule has 5 nitrogen and oxygen atoms in total. The molecule has 2 aromatic rings. The highest BCUT2D eigenvalue weighted by Gasteiger charge is 2.13. The van der Waals surface area contributed by atoms with E-state index in [0.29, 0.717) is 17.0 Å². The van der Waals surface area contributed by atoms with Gasteiger partial charge < -0.3 is 15.7 Å². The molecule has 0 spiro atoms. The number of aliphatic hydroxyl groups excluding tert-OH is 1. The minimum absolute atomic E-state index is 0.0311. The van der Waals surface area contributed by atoms with Gasteiger partial charge in [0.25, 0.3) is 5.91 Å². The summed E-state index contributed by atoms with van der Waals surface area (Å²) in [7, 11) is 0. The van der Waals surface area contributed by atoms with Gasteiger partial charge in [-0.2, -0.15) is 0 Å². The van der Waals surface area contributed by atoms with Gasteiger partial charge in [-0.1, -0.05) is 12.1 Å². The second-order valence-corrected chi connectivity index (χ2v) is 6.12. The summed E-state index contributed by atoms with van der Waals surface area (Å²) in [5.74, 6) is -0.813. The van der Waals surface area contributed by atoms with Crippen LogP contribution in [0, 0.1) is 5.82 Å². The summed E-state index contributed by atoms with van der Waals surface area (Å²) in [5.41, 5.74) is 0.532. The monoisotopic (exact) mass is 336 g/mol. The fraction of sp³-hybridized carbons (Fsp3) is 0.250. The van der Waals surface area contributed by atoms with Crippen LogP contribution in [-0.4, -0.2) is 23.5 Å². The van der Waals surface area contributed by atoms with E-state index in [-0.39, 0.29) is 24.2 Å². The zero-order chi connectivity index (χ0) is 16.8. The van der Waals surface area contributed by atoms with Gasteiger partial charge >= 0.3 is 0 Å². The van der Waals surface area contributed by atoms with Gasteiger partial charge in [0, 0.05) is 18.3 Å². The van der Waals surface area contributed by atoms with Crippen LogP contribution >= 0.6 is 11.3 Å². The second-order valence-electron chi connectivity index (χ2n) is 4.95. The van der Waals surface area contributed by atoms with E-state index < -0.39 is 6.10 Å². The zero-order valence-electron chi connectivity index (χ0n) is 12.5. The first kappa shape index (κ1) is 17.1. The van der Waals surface area contributed by atoms with Gasteiger partial charge in [0.1, 0.15) is 5.82 Å². The van der Waals surface area contributed by atoms with Gasteiger partial charge in [0.2, 0.25) is 5.91 Å². The summed E-state index contributed by atoms with van der Waals surface area (Å²) in [6, 6.07) is 8.90. The molecule has 2 rings (SSSR count). The topological polar surface area (TPSA) is 78.4 Å². The van der Waals surface area contributed by atoms with Crippen LogP contribution in [0.15, 0.2) is 36.4 Å². The third-order valence-electron chi connectivity index (χ3n) is 3.11. The lowest BCUT2D eigenvalue weighted by molar-refractivity contribution is -0.119. The Morgan fingerprint density at radius 3 is 2.52 bits per heavy atom.